The van der Waals surface area contributed by atoms with Crippen LogP contribution < -0.4 is 0 Å². The first-order valence-corrected chi connectivity index (χ1v) is 7.61. The van der Waals surface area contributed by atoms with Crippen molar-refractivity contribution in [3.63, 3.8) is 0 Å². The second-order valence-electron chi connectivity index (χ2n) is 5.91. The fourth-order valence-electron chi connectivity index (χ4n) is 3.48. The van der Waals surface area contributed by atoms with Crippen molar-refractivity contribution < 1.29 is 4.79 Å². The molecule has 0 radical (unpaired) electrons. The second-order valence-corrected chi connectivity index (χ2v) is 5.91. The number of carbonyl (C=O) groups is 1. The van der Waals surface area contributed by atoms with Crippen LogP contribution in [0.15, 0.2) is 24.3 Å². The molecule has 1 aromatic carbocycles. The predicted molar refractivity (Wildman–Crippen MR) is 78.7 cm³/mol. The number of nitrogens with zero attached hydrogens (tertiary/aromatic N) is 5. The standard InChI is InChI=1S/C15H19N5O/c21-15(19-9-8-18-7-3-4-12(18)10-19)11-20-14-6-2-1-5-13(14)16-17-20/h1-2,5-6,12H,3-4,7-11H2. The lowest BCUT2D eigenvalue weighted by atomic mass is 10.1. The smallest absolute Gasteiger partial charge is 0.244 e. The molecule has 0 aliphatic carbocycles. The molecule has 2 saturated heterocycles. The maximum absolute atomic E-state index is 12.5. The maximum Gasteiger partial charge on any atom is 0.244 e. The summed E-state index contributed by atoms with van der Waals surface area (Å²) in [6, 6.07) is 8.32. The zero-order chi connectivity index (χ0) is 14.2. The van der Waals surface area contributed by atoms with E-state index in [2.05, 4.69) is 15.2 Å². The third-order valence-electron chi connectivity index (χ3n) is 4.65. The van der Waals surface area contributed by atoms with E-state index in [0.29, 0.717) is 6.04 Å². The Balaban J connectivity index is 1.48. The van der Waals surface area contributed by atoms with Crippen molar-refractivity contribution in [2.24, 2.45) is 0 Å². The van der Waals surface area contributed by atoms with Crippen molar-refractivity contribution in [1.29, 1.82) is 0 Å². The van der Waals surface area contributed by atoms with Gasteiger partial charge in [0.15, 0.2) is 0 Å². The molecular formula is C15H19N5O. The van der Waals surface area contributed by atoms with Crippen LogP contribution >= 0.6 is 0 Å². The zero-order valence-corrected chi connectivity index (χ0v) is 12.0. The summed E-state index contributed by atoms with van der Waals surface area (Å²) >= 11 is 0. The van der Waals surface area contributed by atoms with Crippen LogP contribution in [0.25, 0.3) is 11.0 Å². The first kappa shape index (κ1) is 12.8. The lowest BCUT2D eigenvalue weighted by Crippen LogP contribution is -2.52. The summed E-state index contributed by atoms with van der Waals surface area (Å²) in [4.78, 5) is 17.0. The van der Waals surface area contributed by atoms with Gasteiger partial charge in [-0.3, -0.25) is 9.69 Å². The fraction of sp³-hybridized carbons (Fsp3) is 0.533. The van der Waals surface area contributed by atoms with Gasteiger partial charge in [0.05, 0.1) is 5.52 Å². The molecule has 1 aromatic heterocycles. The number of para-hydroxylation sites is 1. The van der Waals surface area contributed by atoms with Crippen molar-refractivity contribution in [3.05, 3.63) is 24.3 Å². The van der Waals surface area contributed by atoms with Crippen LogP contribution in [-0.2, 0) is 11.3 Å². The quantitative estimate of drug-likeness (QED) is 0.816. The average molecular weight is 285 g/mol. The van der Waals surface area contributed by atoms with Gasteiger partial charge in [0.2, 0.25) is 5.91 Å². The zero-order valence-electron chi connectivity index (χ0n) is 12.0. The third kappa shape index (κ3) is 2.29. The van der Waals surface area contributed by atoms with Crippen LogP contribution in [0, 0.1) is 0 Å². The molecule has 110 valence electrons. The fourth-order valence-corrected chi connectivity index (χ4v) is 3.48. The summed E-state index contributed by atoms with van der Waals surface area (Å²) in [5.74, 6) is 0.150. The van der Waals surface area contributed by atoms with E-state index in [9.17, 15) is 4.79 Å². The van der Waals surface area contributed by atoms with Gasteiger partial charge in [-0.25, -0.2) is 4.68 Å². The monoisotopic (exact) mass is 285 g/mol. The summed E-state index contributed by atoms with van der Waals surface area (Å²) < 4.78 is 1.71. The summed E-state index contributed by atoms with van der Waals surface area (Å²) in [6.07, 6.45) is 2.48. The molecule has 1 atom stereocenters. The van der Waals surface area contributed by atoms with Gasteiger partial charge in [-0.05, 0) is 31.5 Å². The highest BCUT2D eigenvalue weighted by Gasteiger charge is 2.32. The maximum atomic E-state index is 12.5. The molecule has 0 saturated carbocycles. The van der Waals surface area contributed by atoms with Crippen molar-refractivity contribution in [2.75, 3.05) is 26.2 Å². The minimum Gasteiger partial charge on any atom is -0.338 e. The number of rotatable bonds is 2. The molecule has 1 amide bonds. The minimum atomic E-state index is 0.150. The molecule has 2 aliphatic rings. The molecular weight excluding hydrogens is 266 g/mol. The largest absolute Gasteiger partial charge is 0.338 e. The van der Waals surface area contributed by atoms with Gasteiger partial charge in [0, 0.05) is 25.7 Å². The highest BCUT2D eigenvalue weighted by atomic mass is 16.2. The summed E-state index contributed by atoms with van der Waals surface area (Å²) in [5, 5.41) is 8.21. The average Bonchev–Trinajstić information content (AvgIpc) is 3.13. The van der Waals surface area contributed by atoms with Crippen LogP contribution in [0.4, 0.5) is 0 Å². The normalized spacial score (nSPS) is 22.7. The number of aromatic nitrogens is 3. The Morgan fingerprint density at radius 3 is 3.10 bits per heavy atom. The number of piperazine rings is 1. The van der Waals surface area contributed by atoms with E-state index in [-0.39, 0.29) is 12.5 Å². The van der Waals surface area contributed by atoms with E-state index in [4.69, 9.17) is 0 Å². The Bertz CT molecular complexity index is 667. The van der Waals surface area contributed by atoms with Crippen LogP contribution in [0.2, 0.25) is 0 Å². The van der Waals surface area contributed by atoms with Gasteiger partial charge >= 0.3 is 0 Å². The number of hydrogen-bond acceptors (Lipinski definition) is 4. The van der Waals surface area contributed by atoms with Gasteiger partial charge in [-0.1, -0.05) is 17.3 Å². The molecule has 2 aliphatic heterocycles. The molecule has 6 nitrogen and oxygen atoms in total. The minimum absolute atomic E-state index is 0.150. The Morgan fingerprint density at radius 2 is 2.14 bits per heavy atom. The number of fused-ring (bicyclic) bond motifs is 2. The number of amides is 1. The molecule has 6 heteroatoms. The Labute approximate surface area is 123 Å². The number of carbonyl (C=O) groups excluding carboxylic acids is 1. The van der Waals surface area contributed by atoms with Crippen molar-refractivity contribution in [2.45, 2.75) is 25.4 Å². The predicted octanol–water partition coefficient (Wildman–Crippen LogP) is 0.738. The van der Waals surface area contributed by atoms with Gasteiger partial charge < -0.3 is 4.90 Å². The molecule has 0 bridgehead atoms. The van der Waals surface area contributed by atoms with Gasteiger partial charge in [-0.15, -0.1) is 5.10 Å². The van der Waals surface area contributed by atoms with E-state index in [1.54, 1.807) is 4.68 Å². The van der Waals surface area contributed by atoms with Crippen LogP contribution in [0.3, 0.4) is 0 Å². The van der Waals surface area contributed by atoms with Crippen molar-refractivity contribution >= 4 is 16.9 Å². The van der Waals surface area contributed by atoms with Gasteiger partial charge in [0.25, 0.3) is 0 Å². The topological polar surface area (TPSA) is 54.3 Å². The summed E-state index contributed by atoms with van der Waals surface area (Å²) in [6.45, 7) is 4.19. The summed E-state index contributed by atoms with van der Waals surface area (Å²) in [5.41, 5.74) is 1.76. The Hall–Kier alpha value is -1.95. The molecule has 2 aromatic rings. The van der Waals surface area contributed by atoms with E-state index in [1.165, 1.54) is 19.4 Å². The van der Waals surface area contributed by atoms with Crippen molar-refractivity contribution in [1.82, 2.24) is 24.8 Å². The molecule has 3 heterocycles. The van der Waals surface area contributed by atoms with Crippen LogP contribution in [-0.4, -0.2) is 62.9 Å². The Morgan fingerprint density at radius 1 is 1.24 bits per heavy atom. The second kappa shape index (κ2) is 5.11. The summed E-state index contributed by atoms with van der Waals surface area (Å²) in [7, 11) is 0. The van der Waals surface area contributed by atoms with Gasteiger partial charge in [-0.2, -0.15) is 0 Å². The molecule has 1 unspecified atom stereocenters. The SMILES string of the molecule is O=C(Cn1nnc2ccccc21)N1CCN2CCCC2C1. The highest BCUT2D eigenvalue weighted by molar-refractivity contribution is 5.80. The molecule has 2 fully saturated rings. The van der Waals surface area contributed by atoms with Crippen LogP contribution in [0.1, 0.15) is 12.8 Å². The van der Waals surface area contributed by atoms with Crippen LogP contribution in [0.5, 0.6) is 0 Å². The lowest BCUT2D eigenvalue weighted by molar-refractivity contribution is -0.134. The first-order valence-electron chi connectivity index (χ1n) is 7.61. The Kier molecular flexibility index (Phi) is 3.11. The number of benzene rings is 1. The van der Waals surface area contributed by atoms with Crippen molar-refractivity contribution in [3.8, 4) is 0 Å². The number of hydrogen-bond donors (Lipinski definition) is 0. The molecule has 4 rings (SSSR count). The van der Waals surface area contributed by atoms with E-state index in [1.807, 2.05) is 29.2 Å². The molecule has 0 spiro atoms. The molecule has 0 N–H and O–H groups in total. The van der Waals surface area contributed by atoms with E-state index < -0.39 is 0 Å². The van der Waals surface area contributed by atoms with E-state index >= 15 is 0 Å². The third-order valence-corrected chi connectivity index (χ3v) is 4.65. The van der Waals surface area contributed by atoms with E-state index in [0.717, 1.165) is 30.7 Å². The first-order chi connectivity index (χ1) is 10.3. The molecule has 21 heavy (non-hydrogen) atoms. The highest BCUT2D eigenvalue weighted by Crippen LogP contribution is 2.21. The van der Waals surface area contributed by atoms with Gasteiger partial charge in [0.1, 0.15) is 12.1 Å². The lowest BCUT2D eigenvalue weighted by Gasteiger charge is -2.37.